The maximum atomic E-state index is 12.9. The second-order valence-corrected chi connectivity index (χ2v) is 9.17. The van der Waals surface area contributed by atoms with Crippen molar-refractivity contribution in [3.05, 3.63) is 53.3 Å². The molecule has 4 rings (SSSR count). The first kappa shape index (κ1) is 19.9. The van der Waals surface area contributed by atoms with Crippen LogP contribution in [0.4, 0.5) is 0 Å². The highest BCUT2D eigenvalue weighted by atomic mass is 32.2. The Balaban J connectivity index is 1.33. The Bertz CT molecular complexity index is 995. The van der Waals surface area contributed by atoms with Crippen LogP contribution in [0.15, 0.2) is 41.6 Å². The highest BCUT2D eigenvalue weighted by Gasteiger charge is 2.27. The van der Waals surface area contributed by atoms with Crippen LogP contribution in [0.25, 0.3) is 5.78 Å². The van der Waals surface area contributed by atoms with Crippen molar-refractivity contribution in [2.24, 2.45) is 5.92 Å². The van der Waals surface area contributed by atoms with Gasteiger partial charge in [0.25, 0.3) is 5.78 Å². The topological polar surface area (TPSA) is 63.4 Å². The summed E-state index contributed by atoms with van der Waals surface area (Å²) in [5.41, 5.74) is 3.30. The maximum Gasteiger partial charge on any atom is 0.253 e. The summed E-state index contributed by atoms with van der Waals surface area (Å²) < 4.78 is 1.74. The van der Waals surface area contributed by atoms with Gasteiger partial charge in [-0.3, -0.25) is 4.79 Å². The number of piperidine rings is 1. The third-order valence-corrected chi connectivity index (χ3v) is 6.46. The summed E-state index contributed by atoms with van der Waals surface area (Å²) in [5, 5.41) is 4.91. The summed E-state index contributed by atoms with van der Waals surface area (Å²) in [7, 11) is 0. The number of carbonyl (C=O) groups excluding carboxylic acids is 1. The summed E-state index contributed by atoms with van der Waals surface area (Å²) in [4.78, 5) is 23.8. The predicted molar refractivity (Wildman–Crippen MR) is 115 cm³/mol. The first-order valence-electron chi connectivity index (χ1n) is 10.2. The molecule has 7 heteroatoms. The van der Waals surface area contributed by atoms with Crippen molar-refractivity contribution in [2.75, 3.05) is 13.1 Å². The Hall–Kier alpha value is -2.41. The molecule has 3 heterocycles. The lowest BCUT2D eigenvalue weighted by Crippen LogP contribution is -2.42. The molecule has 0 spiro atoms. The van der Waals surface area contributed by atoms with Crippen molar-refractivity contribution in [1.82, 2.24) is 24.5 Å². The molecule has 0 N–H and O–H groups in total. The van der Waals surface area contributed by atoms with Gasteiger partial charge in [0.05, 0.1) is 5.25 Å². The van der Waals surface area contributed by atoms with E-state index in [4.69, 9.17) is 0 Å². The van der Waals surface area contributed by atoms with Crippen molar-refractivity contribution < 1.29 is 4.79 Å². The van der Waals surface area contributed by atoms with Crippen molar-refractivity contribution in [2.45, 2.75) is 50.4 Å². The molecule has 0 saturated carbocycles. The van der Waals surface area contributed by atoms with Gasteiger partial charge in [0.1, 0.15) is 0 Å². The second-order valence-electron chi connectivity index (χ2n) is 7.86. The van der Waals surface area contributed by atoms with E-state index in [1.54, 1.807) is 4.52 Å². The van der Waals surface area contributed by atoms with Crippen molar-refractivity contribution >= 4 is 23.4 Å². The van der Waals surface area contributed by atoms with Gasteiger partial charge in [-0.15, -0.1) is 5.10 Å². The Labute approximate surface area is 175 Å². The van der Waals surface area contributed by atoms with Gasteiger partial charge in [0.15, 0.2) is 0 Å². The van der Waals surface area contributed by atoms with Gasteiger partial charge in [0, 0.05) is 24.5 Å². The van der Waals surface area contributed by atoms with Gasteiger partial charge in [-0.25, -0.2) is 9.50 Å². The van der Waals surface area contributed by atoms with E-state index in [1.165, 1.54) is 17.3 Å². The van der Waals surface area contributed by atoms with E-state index >= 15 is 0 Å². The Morgan fingerprint density at radius 2 is 1.90 bits per heavy atom. The molecule has 1 aliphatic rings. The molecule has 0 bridgehead atoms. The van der Waals surface area contributed by atoms with Crippen LogP contribution >= 0.6 is 11.8 Å². The van der Waals surface area contributed by atoms with Crippen LogP contribution in [0, 0.1) is 19.8 Å². The first-order chi connectivity index (χ1) is 14.0. The molecular weight excluding hydrogens is 382 g/mol. The van der Waals surface area contributed by atoms with E-state index in [0.29, 0.717) is 16.9 Å². The number of likely N-dealkylation sites (tertiary alicyclic amines) is 1. The number of nitrogens with zero attached hydrogens (tertiary/aromatic N) is 5. The lowest BCUT2D eigenvalue weighted by molar-refractivity contribution is -0.131. The lowest BCUT2D eigenvalue weighted by Gasteiger charge is -2.33. The largest absolute Gasteiger partial charge is 0.342 e. The number of aryl methyl sites for hydroxylation is 2. The number of amides is 1. The minimum atomic E-state index is -0.209. The molecule has 1 aromatic carbocycles. The molecule has 152 valence electrons. The summed E-state index contributed by atoms with van der Waals surface area (Å²) in [6.45, 7) is 7.54. The SMILES string of the molecule is Cc1cc(C)n2nc(S[C@H](C)C(=O)N3CCC(Cc4ccccc4)CC3)nc2n1. The monoisotopic (exact) mass is 409 g/mol. The molecule has 0 unspecified atom stereocenters. The number of rotatable bonds is 5. The van der Waals surface area contributed by atoms with Crippen LogP contribution in [0.3, 0.4) is 0 Å². The van der Waals surface area contributed by atoms with Crippen LogP contribution in [0.1, 0.15) is 36.7 Å². The second kappa shape index (κ2) is 8.53. The summed E-state index contributed by atoms with van der Waals surface area (Å²) in [6, 6.07) is 12.6. The Morgan fingerprint density at radius 1 is 1.17 bits per heavy atom. The van der Waals surface area contributed by atoms with E-state index in [9.17, 15) is 4.79 Å². The smallest absolute Gasteiger partial charge is 0.253 e. The van der Waals surface area contributed by atoms with Gasteiger partial charge in [0.2, 0.25) is 11.1 Å². The van der Waals surface area contributed by atoms with Crippen molar-refractivity contribution in [3.63, 3.8) is 0 Å². The van der Waals surface area contributed by atoms with Crippen LogP contribution in [0.2, 0.25) is 0 Å². The van der Waals surface area contributed by atoms with Crippen molar-refractivity contribution in [1.29, 1.82) is 0 Å². The van der Waals surface area contributed by atoms with Gasteiger partial charge in [-0.05, 0) is 57.6 Å². The maximum absolute atomic E-state index is 12.9. The molecule has 6 nitrogen and oxygen atoms in total. The minimum Gasteiger partial charge on any atom is -0.342 e. The number of fused-ring (bicyclic) bond motifs is 1. The number of carbonyl (C=O) groups is 1. The molecule has 1 amide bonds. The average Bonchev–Trinajstić information content (AvgIpc) is 3.11. The lowest BCUT2D eigenvalue weighted by atomic mass is 9.90. The van der Waals surface area contributed by atoms with Gasteiger partial charge >= 0.3 is 0 Å². The molecule has 29 heavy (non-hydrogen) atoms. The zero-order chi connectivity index (χ0) is 20.4. The number of thioether (sulfide) groups is 1. The first-order valence-corrected chi connectivity index (χ1v) is 11.1. The molecule has 3 aromatic rings. The molecule has 0 radical (unpaired) electrons. The Morgan fingerprint density at radius 3 is 2.62 bits per heavy atom. The summed E-state index contributed by atoms with van der Waals surface area (Å²) in [5.74, 6) is 1.42. The molecule has 0 aliphatic carbocycles. The standard InChI is InChI=1S/C22H27N5OS/c1-15-13-16(2)27-21(23-15)24-22(25-27)29-17(3)20(28)26-11-9-19(10-12-26)14-18-7-5-4-6-8-18/h4-8,13,17,19H,9-12,14H2,1-3H3/t17-/m1/s1. The fraction of sp³-hybridized carbons (Fsp3) is 0.455. The fourth-order valence-electron chi connectivity index (χ4n) is 3.97. The number of aromatic nitrogens is 4. The molecule has 1 fully saturated rings. The molecule has 2 aromatic heterocycles. The van der Waals surface area contributed by atoms with Gasteiger partial charge in [-0.2, -0.15) is 4.98 Å². The zero-order valence-electron chi connectivity index (χ0n) is 17.2. The highest BCUT2D eigenvalue weighted by molar-refractivity contribution is 8.00. The third kappa shape index (κ3) is 4.61. The third-order valence-electron chi connectivity index (χ3n) is 5.52. The fourth-order valence-corrected chi connectivity index (χ4v) is 4.80. The summed E-state index contributed by atoms with van der Waals surface area (Å²) in [6.07, 6.45) is 3.23. The quantitative estimate of drug-likeness (QED) is 0.601. The van der Waals surface area contributed by atoms with Crippen LogP contribution in [-0.2, 0) is 11.2 Å². The number of benzene rings is 1. The average molecular weight is 410 g/mol. The van der Waals surface area contributed by atoms with Crippen LogP contribution in [0.5, 0.6) is 0 Å². The minimum absolute atomic E-state index is 0.174. The molecule has 1 aliphatic heterocycles. The summed E-state index contributed by atoms with van der Waals surface area (Å²) >= 11 is 1.41. The number of hydrogen-bond acceptors (Lipinski definition) is 5. The van der Waals surface area contributed by atoms with E-state index in [2.05, 4.69) is 45.4 Å². The molecular formula is C22H27N5OS. The van der Waals surface area contributed by atoms with E-state index in [0.717, 1.165) is 43.7 Å². The molecule has 1 saturated heterocycles. The highest BCUT2D eigenvalue weighted by Crippen LogP contribution is 2.26. The van der Waals surface area contributed by atoms with Gasteiger partial charge in [-0.1, -0.05) is 42.1 Å². The number of hydrogen-bond donors (Lipinski definition) is 0. The van der Waals surface area contributed by atoms with Gasteiger partial charge < -0.3 is 4.90 Å². The van der Waals surface area contributed by atoms with Crippen LogP contribution < -0.4 is 0 Å². The van der Waals surface area contributed by atoms with Crippen molar-refractivity contribution in [3.8, 4) is 0 Å². The zero-order valence-corrected chi connectivity index (χ0v) is 18.0. The molecule has 1 atom stereocenters. The Kier molecular flexibility index (Phi) is 5.85. The van der Waals surface area contributed by atoms with Crippen LogP contribution in [-0.4, -0.2) is 48.7 Å². The van der Waals surface area contributed by atoms with E-state index < -0.39 is 0 Å². The van der Waals surface area contributed by atoms with E-state index in [-0.39, 0.29) is 11.2 Å². The van der Waals surface area contributed by atoms with E-state index in [1.807, 2.05) is 31.7 Å². The predicted octanol–water partition coefficient (Wildman–Crippen LogP) is 3.70. The normalized spacial score (nSPS) is 16.3.